The molecule has 1 aliphatic heterocycles. The van der Waals surface area contributed by atoms with Gasteiger partial charge in [-0.05, 0) is 146 Å². The molecular formula is C60H88N4O16S3Si3. The molecule has 0 radical (unpaired) electrons. The SMILES string of the molecule is CO[Si](CCCSCCC(C/C=C/COC(=O)Nc1cccc(Cc2cccc(NC(=O)SCCC[Si](OC)(OC)OC)c2)c1)CCC1OC1COC(=O)Nc1cccc(Cc2cccc(NC(=O)SCCC[Si](OC)(OC)OC)c2)c1)(OC)OC. The highest BCUT2D eigenvalue weighted by atomic mass is 32.2. The van der Waals surface area contributed by atoms with Crippen molar-refractivity contribution in [3.63, 3.8) is 0 Å². The molecule has 0 bridgehead atoms. The van der Waals surface area contributed by atoms with Gasteiger partial charge in [0, 0.05) is 116 Å². The number of hydrogen-bond donors (Lipinski definition) is 4. The van der Waals surface area contributed by atoms with E-state index < -0.39 is 38.6 Å². The fourth-order valence-electron chi connectivity index (χ4n) is 9.44. The number of carbonyl (C=O) groups excluding carboxylic acids is 4. The number of hydrogen-bond acceptors (Lipinski definition) is 19. The van der Waals surface area contributed by atoms with Crippen LogP contribution in [0.1, 0.15) is 67.2 Å². The summed E-state index contributed by atoms with van der Waals surface area (Å²) in [5.41, 5.74) is 6.57. The normalized spacial score (nSPS) is 14.6. The number of ether oxygens (including phenoxy) is 3. The number of allylic oxidation sites excluding steroid dienone is 1. The van der Waals surface area contributed by atoms with Crippen LogP contribution < -0.4 is 21.3 Å². The van der Waals surface area contributed by atoms with Crippen molar-refractivity contribution in [3.05, 3.63) is 131 Å². The second kappa shape index (κ2) is 39.4. The van der Waals surface area contributed by atoms with Gasteiger partial charge in [-0.15, -0.1) is 0 Å². The third-order valence-corrected chi connectivity index (χ3v) is 25.7. The second-order valence-electron chi connectivity index (χ2n) is 20.1. The largest absolute Gasteiger partial charge is 0.500 e. The molecule has 86 heavy (non-hydrogen) atoms. The second-order valence-corrected chi connectivity index (χ2v) is 32.7. The van der Waals surface area contributed by atoms with E-state index in [0.717, 1.165) is 71.9 Å². The third kappa shape index (κ3) is 26.2. The summed E-state index contributed by atoms with van der Waals surface area (Å²) in [6.45, 7) is 0.253. The van der Waals surface area contributed by atoms with Gasteiger partial charge in [0.1, 0.15) is 19.3 Å². The maximum Gasteiger partial charge on any atom is 0.500 e. The summed E-state index contributed by atoms with van der Waals surface area (Å²) < 4.78 is 66.8. The first-order valence-corrected chi connectivity index (χ1v) is 37.6. The predicted octanol–water partition coefficient (Wildman–Crippen LogP) is 13.2. The van der Waals surface area contributed by atoms with Crippen molar-refractivity contribution in [2.24, 2.45) is 5.92 Å². The number of epoxide rings is 1. The molecule has 0 aliphatic carbocycles. The molecule has 0 saturated carbocycles. The summed E-state index contributed by atoms with van der Waals surface area (Å²) in [6, 6.07) is 32.5. The van der Waals surface area contributed by atoms with Crippen LogP contribution in [0.4, 0.5) is 41.9 Å². The van der Waals surface area contributed by atoms with Crippen LogP contribution in [0.2, 0.25) is 18.1 Å². The molecule has 474 valence electrons. The lowest BCUT2D eigenvalue weighted by atomic mass is 9.95. The van der Waals surface area contributed by atoms with Crippen LogP contribution in [-0.4, -0.2) is 161 Å². The Morgan fingerprint density at radius 1 is 0.488 bits per heavy atom. The van der Waals surface area contributed by atoms with Crippen LogP contribution in [-0.2, 0) is 66.9 Å². The van der Waals surface area contributed by atoms with E-state index in [1.807, 2.05) is 115 Å². The number of anilines is 4. The van der Waals surface area contributed by atoms with Gasteiger partial charge in [0.15, 0.2) is 0 Å². The minimum Gasteiger partial charge on any atom is -0.446 e. The van der Waals surface area contributed by atoms with Crippen molar-refractivity contribution in [1.82, 2.24) is 0 Å². The smallest absolute Gasteiger partial charge is 0.446 e. The van der Waals surface area contributed by atoms with E-state index >= 15 is 0 Å². The van der Waals surface area contributed by atoms with Gasteiger partial charge >= 0.3 is 38.6 Å². The fourth-order valence-corrected chi connectivity index (χ4v) is 17.8. The van der Waals surface area contributed by atoms with Gasteiger partial charge < -0.3 is 64.7 Å². The number of thioether (sulfide) groups is 3. The summed E-state index contributed by atoms with van der Waals surface area (Å²) in [5, 5.41) is 11.3. The predicted molar refractivity (Wildman–Crippen MR) is 350 cm³/mol. The first-order valence-electron chi connectivity index (χ1n) is 28.6. The quantitative estimate of drug-likeness (QED) is 0.0140. The molecule has 0 aromatic heterocycles. The molecular weight excluding hydrogens is 1210 g/mol. The van der Waals surface area contributed by atoms with Crippen LogP contribution >= 0.6 is 35.3 Å². The monoisotopic (exact) mass is 1300 g/mol. The number of rotatable bonds is 41. The Hall–Kier alpha value is -4.60. The van der Waals surface area contributed by atoms with Crippen molar-refractivity contribution >= 4 is 107 Å². The standard InChI is InChI=1S/C60H88N4O16S3Si3/c1-69-84(70-2,71-3)36-16-32-81-35-30-46(19-10-11-31-78-57(65)61-51-24-12-20-47(41-51)39-49-22-14-26-53(43-49)63-59(67)82-33-17-37-85(72-4,73-5)74-6)28-29-55-56(80-55)45-79-58(66)62-52-25-13-21-48(42-52)40-50-23-15-27-54(44-50)64-60(68)83-34-18-38-86(75-7,76-8)77-9/h10-15,20-27,41-44,46,55-56H,16-19,28-40,45H2,1-9H3,(H,61,65)(H,62,66)(H,63,67)(H,64,68)/b11-10+. The molecule has 1 saturated heterocycles. The van der Waals surface area contributed by atoms with Crippen LogP contribution in [0.15, 0.2) is 109 Å². The Kier molecular flexibility index (Phi) is 33.1. The number of carbonyl (C=O) groups is 4. The lowest BCUT2D eigenvalue weighted by Crippen LogP contribution is -2.42. The number of nitrogens with one attached hydrogen (secondary N) is 4. The Labute approximate surface area is 524 Å². The molecule has 3 atom stereocenters. The molecule has 1 aliphatic rings. The zero-order valence-corrected chi connectivity index (χ0v) is 56.6. The summed E-state index contributed by atoms with van der Waals surface area (Å²) in [4.78, 5) is 51.3. The van der Waals surface area contributed by atoms with Gasteiger partial charge in [-0.2, -0.15) is 11.8 Å². The third-order valence-electron chi connectivity index (χ3n) is 14.3. The van der Waals surface area contributed by atoms with Crippen molar-refractivity contribution < 1.29 is 73.2 Å². The molecule has 0 spiro atoms. The molecule has 1 heterocycles. The Morgan fingerprint density at radius 3 is 1.30 bits per heavy atom. The van der Waals surface area contributed by atoms with E-state index in [0.29, 0.717) is 77.9 Å². The molecule has 4 aromatic carbocycles. The molecule has 4 amide bonds. The fraction of sp³-hybridized carbons (Fsp3) is 0.500. The topological polar surface area (TPSA) is 230 Å². The highest BCUT2D eigenvalue weighted by molar-refractivity contribution is 8.14. The average molecular weight is 1300 g/mol. The number of benzene rings is 4. The van der Waals surface area contributed by atoms with E-state index in [2.05, 4.69) is 27.3 Å². The van der Waals surface area contributed by atoms with Crippen molar-refractivity contribution in [1.29, 1.82) is 0 Å². The summed E-state index contributed by atoms with van der Waals surface area (Å²) >= 11 is 4.30. The highest BCUT2D eigenvalue weighted by Crippen LogP contribution is 2.32. The lowest BCUT2D eigenvalue weighted by Gasteiger charge is -2.24. The van der Waals surface area contributed by atoms with E-state index in [1.54, 1.807) is 64.0 Å². The Balaban J connectivity index is 1.03. The molecule has 20 nitrogen and oxygen atoms in total. The van der Waals surface area contributed by atoms with Gasteiger partial charge in [0.25, 0.3) is 10.5 Å². The van der Waals surface area contributed by atoms with Crippen LogP contribution in [0.25, 0.3) is 0 Å². The van der Waals surface area contributed by atoms with Gasteiger partial charge in [-0.1, -0.05) is 84.2 Å². The van der Waals surface area contributed by atoms with Crippen molar-refractivity contribution in [2.45, 2.75) is 88.1 Å². The van der Waals surface area contributed by atoms with Crippen molar-refractivity contribution in [3.8, 4) is 0 Å². The summed E-state index contributed by atoms with van der Waals surface area (Å²) in [5.74, 6) is 3.46. The molecule has 5 rings (SSSR count). The lowest BCUT2D eigenvalue weighted by molar-refractivity contribution is 0.123. The van der Waals surface area contributed by atoms with Crippen LogP contribution in [0, 0.1) is 5.92 Å². The highest BCUT2D eigenvalue weighted by Gasteiger charge is 2.41. The minimum atomic E-state index is -2.68. The molecule has 4 N–H and O–H groups in total. The Bertz CT molecular complexity index is 2690. The van der Waals surface area contributed by atoms with Crippen molar-refractivity contribution in [2.75, 3.05) is 121 Å². The van der Waals surface area contributed by atoms with E-state index in [-0.39, 0.29) is 35.9 Å². The first-order chi connectivity index (χ1) is 41.7. The Morgan fingerprint density at radius 2 is 0.884 bits per heavy atom. The van der Waals surface area contributed by atoms with E-state index in [9.17, 15) is 19.2 Å². The van der Waals surface area contributed by atoms with E-state index in [1.165, 1.54) is 23.5 Å². The molecule has 3 unspecified atom stereocenters. The molecule has 4 aromatic rings. The van der Waals surface area contributed by atoms with E-state index in [4.69, 9.17) is 54.0 Å². The summed E-state index contributed by atoms with van der Waals surface area (Å²) in [7, 11) is 6.39. The molecule has 1 fully saturated rings. The maximum atomic E-state index is 13.0. The zero-order chi connectivity index (χ0) is 62.1. The van der Waals surface area contributed by atoms with Gasteiger partial charge in [-0.25, -0.2) is 9.59 Å². The summed E-state index contributed by atoms with van der Waals surface area (Å²) in [6.07, 6.45) is 9.65. The minimum absolute atomic E-state index is 0.0133. The first kappa shape index (κ1) is 72.1. The van der Waals surface area contributed by atoms with Gasteiger partial charge in [0.2, 0.25) is 0 Å². The average Bonchev–Trinajstić information content (AvgIpc) is 3.92. The maximum absolute atomic E-state index is 13.0. The van der Waals surface area contributed by atoms with Gasteiger partial charge in [0.05, 0.1) is 6.10 Å². The number of amides is 4. The zero-order valence-electron chi connectivity index (χ0n) is 51.1. The van der Waals surface area contributed by atoms with Crippen LogP contribution in [0.3, 0.4) is 0 Å². The molecule has 26 heteroatoms. The van der Waals surface area contributed by atoms with Crippen LogP contribution in [0.5, 0.6) is 0 Å². The van der Waals surface area contributed by atoms with Gasteiger partial charge in [-0.3, -0.25) is 20.2 Å².